The minimum absolute atomic E-state index is 0.123. The summed E-state index contributed by atoms with van der Waals surface area (Å²) in [6, 6.07) is -1.08. The van der Waals surface area contributed by atoms with E-state index in [1.807, 2.05) is 6.92 Å². The van der Waals surface area contributed by atoms with Crippen LogP contribution >= 0.6 is 11.3 Å². The van der Waals surface area contributed by atoms with Crippen LogP contribution in [0, 0.1) is 0 Å². The number of rotatable bonds is 7. The Morgan fingerprint density at radius 2 is 2.39 bits per heavy atom. The van der Waals surface area contributed by atoms with Gasteiger partial charge in [0, 0.05) is 34.2 Å². The maximum atomic E-state index is 11.1. The number of hydrogen-bond donors (Lipinski definition) is 3. The van der Waals surface area contributed by atoms with E-state index in [0.29, 0.717) is 17.4 Å². The number of nitrogens with one attached hydrogen (secondary N) is 1. The highest BCUT2D eigenvalue weighted by Gasteiger charge is 2.17. The molecule has 1 aromatic rings. The van der Waals surface area contributed by atoms with E-state index in [1.54, 1.807) is 11.6 Å². The summed E-state index contributed by atoms with van der Waals surface area (Å²) in [6.07, 6.45) is 2.45. The minimum Gasteiger partial charge on any atom is -0.480 e. The number of anilines is 1. The van der Waals surface area contributed by atoms with Crippen molar-refractivity contribution in [2.45, 2.75) is 24.6 Å². The number of aromatic nitrogens is 1. The standard InChI is InChI=1S/C10H17N3O3S2/c1-6(18(2)16)3-4-12-10-13-7(5-17-10)8(11)9(14)15/h5-6,8H,3-4,11H2,1-2H3,(H,12,13)(H,14,15). The van der Waals surface area contributed by atoms with E-state index in [0.717, 1.165) is 6.42 Å². The predicted octanol–water partition coefficient (Wildman–Crippen LogP) is 0.796. The first kappa shape index (κ1) is 15.1. The number of hydrogen-bond acceptors (Lipinski definition) is 6. The van der Waals surface area contributed by atoms with Gasteiger partial charge in [-0.3, -0.25) is 9.00 Å². The Morgan fingerprint density at radius 1 is 1.72 bits per heavy atom. The fourth-order valence-corrected chi connectivity index (χ4v) is 2.41. The predicted molar refractivity (Wildman–Crippen MR) is 73.3 cm³/mol. The van der Waals surface area contributed by atoms with E-state index in [2.05, 4.69) is 10.3 Å². The molecule has 3 atom stereocenters. The monoisotopic (exact) mass is 291 g/mol. The molecule has 0 aromatic carbocycles. The summed E-state index contributed by atoms with van der Waals surface area (Å²) in [5.41, 5.74) is 5.79. The van der Waals surface area contributed by atoms with Crippen molar-refractivity contribution < 1.29 is 14.1 Å². The number of aliphatic carboxylic acids is 1. The molecule has 0 fully saturated rings. The quantitative estimate of drug-likeness (QED) is 0.686. The van der Waals surface area contributed by atoms with Crippen molar-refractivity contribution in [3.8, 4) is 0 Å². The van der Waals surface area contributed by atoms with Crippen LogP contribution in [0.3, 0.4) is 0 Å². The van der Waals surface area contributed by atoms with Gasteiger partial charge in [-0.2, -0.15) is 0 Å². The normalized spacial score (nSPS) is 15.9. The van der Waals surface area contributed by atoms with E-state index < -0.39 is 22.8 Å². The van der Waals surface area contributed by atoms with Gasteiger partial charge in [0.1, 0.15) is 6.04 Å². The van der Waals surface area contributed by atoms with E-state index in [9.17, 15) is 9.00 Å². The molecule has 1 rings (SSSR count). The molecule has 0 saturated heterocycles. The van der Waals surface area contributed by atoms with Crippen LogP contribution in [-0.4, -0.2) is 38.3 Å². The second kappa shape index (κ2) is 6.81. The number of thiazole rings is 1. The molecule has 0 spiro atoms. The number of nitrogens with two attached hydrogens (primary N) is 1. The molecule has 1 aromatic heterocycles. The Bertz CT molecular complexity index is 436. The first-order valence-corrected chi connectivity index (χ1v) is 7.91. The largest absolute Gasteiger partial charge is 0.480 e. The maximum absolute atomic E-state index is 11.1. The summed E-state index contributed by atoms with van der Waals surface area (Å²) < 4.78 is 11.1. The van der Waals surface area contributed by atoms with Gasteiger partial charge in [0.05, 0.1) is 5.69 Å². The van der Waals surface area contributed by atoms with Gasteiger partial charge in [-0.15, -0.1) is 11.3 Å². The average Bonchev–Trinajstić information content (AvgIpc) is 2.76. The molecule has 3 unspecified atom stereocenters. The SMILES string of the molecule is CC(CCNc1nc(C(N)C(=O)O)cs1)S(C)=O. The molecule has 0 aliphatic rings. The lowest BCUT2D eigenvalue weighted by Crippen LogP contribution is -2.21. The van der Waals surface area contributed by atoms with E-state index in [4.69, 9.17) is 10.8 Å². The molecular formula is C10H17N3O3S2. The minimum atomic E-state index is -1.10. The second-order valence-electron chi connectivity index (χ2n) is 3.92. The molecule has 8 heteroatoms. The third-order valence-electron chi connectivity index (χ3n) is 2.50. The van der Waals surface area contributed by atoms with Gasteiger partial charge >= 0.3 is 5.97 Å². The first-order valence-electron chi connectivity index (χ1n) is 5.41. The average molecular weight is 291 g/mol. The summed E-state index contributed by atoms with van der Waals surface area (Å²) in [4.78, 5) is 14.8. The smallest absolute Gasteiger partial charge is 0.326 e. The van der Waals surface area contributed by atoms with Crippen LogP contribution in [0.25, 0.3) is 0 Å². The highest BCUT2D eigenvalue weighted by molar-refractivity contribution is 7.84. The van der Waals surface area contributed by atoms with Crippen molar-refractivity contribution in [3.63, 3.8) is 0 Å². The molecule has 0 radical (unpaired) electrons. The zero-order chi connectivity index (χ0) is 13.7. The molecule has 18 heavy (non-hydrogen) atoms. The van der Waals surface area contributed by atoms with Crippen molar-refractivity contribution in [1.82, 2.24) is 4.98 Å². The lowest BCUT2D eigenvalue weighted by molar-refractivity contribution is -0.138. The third kappa shape index (κ3) is 4.35. The Balaban J connectivity index is 2.45. The molecule has 0 aliphatic heterocycles. The Kier molecular flexibility index (Phi) is 5.70. The summed E-state index contributed by atoms with van der Waals surface area (Å²) in [5, 5.41) is 14.2. The van der Waals surface area contributed by atoms with Gasteiger partial charge in [-0.1, -0.05) is 6.92 Å². The summed E-state index contributed by atoms with van der Waals surface area (Å²) in [6.45, 7) is 2.57. The van der Waals surface area contributed by atoms with E-state index >= 15 is 0 Å². The Labute approximate surface area is 112 Å². The lowest BCUT2D eigenvalue weighted by atomic mass is 10.2. The van der Waals surface area contributed by atoms with Crippen LogP contribution in [0.1, 0.15) is 25.1 Å². The molecule has 0 bridgehead atoms. The number of carboxylic acids is 1. The zero-order valence-electron chi connectivity index (χ0n) is 10.3. The van der Waals surface area contributed by atoms with Crippen LogP contribution < -0.4 is 11.1 Å². The van der Waals surface area contributed by atoms with Crippen LogP contribution in [0.4, 0.5) is 5.13 Å². The van der Waals surface area contributed by atoms with Crippen LogP contribution in [0.5, 0.6) is 0 Å². The molecule has 4 N–H and O–H groups in total. The Morgan fingerprint density at radius 3 is 2.94 bits per heavy atom. The maximum Gasteiger partial charge on any atom is 0.326 e. The van der Waals surface area contributed by atoms with Gasteiger partial charge in [-0.25, -0.2) is 4.98 Å². The highest BCUT2D eigenvalue weighted by Crippen LogP contribution is 2.19. The summed E-state index contributed by atoms with van der Waals surface area (Å²) >= 11 is 1.31. The number of carbonyl (C=O) groups is 1. The van der Waals surface area contributed by atoms with Crippen LogP contribution in [0.15, 0.2) is 5.38 Å². The summed E-state index contributed by atoms with van der Waals surface area (Å²) in [7, 11) is -0.831. The van der Waals surface area contributed by atoms with Crippen molar-refractivity contribution in [2.24, 2.45) is 5.73 Å². The third-order valence-corrected chi connectivity index (χ3v) is 4.69. The van der Waals surface area contributed by atoms with Gasteiger partial charge in [-0.05, 0) is 6.42 Å². The molecule has 102 valence electrons. The molecule has 0 aliphatic carbocycles. The van der Waals surface area contributed by atoms with E-state index in [1.165, 1.54) is 11.3 Å². The van der Waals surface area contributed by atoms with Gasteiger partial charge < -0.3 is 16.2 Å². The first-order chi connectivity index (χ1) is 8.41. The molecule has 1 heterocycles. The van der Waals surface area contributed by atoms with E-state index in [-0.39, 0.29) is 5.25 Å². The summed E-state index contributed by atoms with van der Waals surface area (Å²) in [5.74, 6) is -1.10. The van der Waals surface area contributed by atoms with Gasteiger partial charge in [0.25, 0.3) is 0 Å². The fraction of sp³-hybridized carbons (Fsp3) is 0.600. The molecule has 6 nitrogen and oxygen atoms in total. The second-order valence-corrected chi connectivity index (χ2v) is 6.58. The number of nitrogens with zero attached hydrogens (tertiary/aromatic N) is 1. The van der Waals surface area contributed by atoms with Crippen LogP contribution in [-0.2, 0) is 15.6 Å². The number of carboxylic acid groups (broad SMARTS) is 1. The van der Waals surface area contributed by atoms with Gasteiger partial charge in [0.15, 0.2) is 5.13 Å². The van der Waals surface area contributed by atoms with Crippen molar-refractivity contribution >= 4 is 33.2 Å². The van der Waals surface area contributed by atoms with Gasteiger partial charge in [0.2, 0.25) is 0 Å². The lowest BCUT2D eigenvalue weighted by Gasteiger charge is -2.08. The van der Waals surface area contributed by atoms with Crippen molar-refractivity contribution in [2.75, 3.05) is 18.1 Å². The van der Waals surface area contributed by atoms with Crippen LogP contribution in [0.2, 0.25) is 0 Å². The topological polar surface area (TPSA) is 105 Å². The Hall–Kier alpha value is -0.990. The molecule has 0 saturated carbocycles. The highest BCUT2D eigenvalue weighted by atomic mass is 32.2. The fourth-order valence-electron chi connectivity index (χ4n) is 1.19. The van der Waals surface area contributed by atoms with Crippen molar-refractivity contribution in [1.29, 1.82) is 0 Å². The molecular weight excluding hydrogens is 274 g/mol. The van der Waals surface area contributed by atoms with Crippen molar-refractivity contribution in [3.05, 3.63) is 11.1 Å². The molecule has 0 amide bonds. The zero-order valence-corrected chi connectivity index (χ0v) is 11.9.